The number of hydrogen-bond donors (Lipinski definition) is 0. The number of amides is 1. The molecule has 0 N–H and O–H groups in total. The molecule has 1 fully saturated rings. The summed E-state index contributed by atoms with van der Waals surface area (Å²) in [5.41, 5.74) is 0. The van der Waals surface area contributed by atoms with Gasteiger partial charge in [-0.3, -0.25) is 4.79 Å². The van der Waals surface area contributed by atoms with E-state index >= 15 is 0 Å². The van der Waals surface area contributed by atoms with E-state index in [4.69, 9.17) is 11.6 Å². The molecule has 0 spiro atoms. The van der Waals surface area contributed by atoms with E-state index in [-0.39, 0.29) is 0 Å². The fourth-order valence-corrected chi connectivity index (χ4v) is 2.05. The van der Waals surface area contributed by atoms with E-state index in [9.17, 15) is 4.79 Å². The number of nitrogens with zero attached hydrogens (tertiary/aromatic N) is 1. The minimum absolute atomic E-state index is 0.311. The Morgan fingerprint density at radius 3 is 2.36 bits per heavy atom. The zero-order valence-corrected chi connectivity index (χ0v) is 9.89. The molecule has 0 aromatic carbocycles. The number of carbonyl (C=O) groups is 1. The van der Waals surface area contributed by atoms with Crippen LogP contribution in [0.4, 0.5) is 0 Å². The molecule has 14 heavy (non-hydrogen) atoms. The van der Waals surface area contributed by atoms with Gasteiger partial charge in [-0.2, -0.15) is 0 Å². The fourth-order valence-electron chi connectivity index (χ4n) is 1.86. The maximum Gasteiger partial charge on any atom is 0.222 e. The maximum atomic E-state index is 11.7. The van der Waals surface area contributed by atoms with E-state index in [1.807, 2.05) is 4.90 Å². The van der Waals surface area contributed by atoms with Gasteiger partial charge in [-0.1, -0.05) is 13.8 Å². The van der Waals surface area contributed by atoms with Gasteiger partial charge in [0.25, 0.3) is 0 Å². The summed E-state index contributed by atoms with van der Waals surface area (Å²) in [5, 5.41) is 0. The summed E-state index contributed by atoms with van der Waals surface area (Å²) in [7, 11) is 0. The van der Waals surface area contributed by atoms with Crippen LogP contribution in [0.2, 0.25) is 0 Å². The third kappa shape index (κ3) is 3.16. The molecule has 1 heterocycles. The van der Waals surface area contributed by atoms with Gasteiger partial charge in [0.2, 0.25) is 5.91 Å². The van der Waals surface area contributed by atoms with Gasteiger partial charge in [0.05, 0.1) is 0 Å². The Kier molecular flexibility index (Phi) is 4.73. The molecule has 2 atom stereocenters. The van der Waals surface area contributed by atoms with Crippen molar-refractivity contribution in [2.45, 2.75) is 33.1 Å². The second kappa shape index (κ2) is 5.59. The standard InChI is InChI=1S/C11H20ClNO/c1-9-7-13(8-10(9)2)11(14)5-3-4-6-12/h9-10H,3-8H2,1-2H3. The van der Waals surface area contributed by atoms with Gasteiger partial charge in [-0.15, -0.1) is 11.6 Å². The summed E-state index contributed by atoms with van der Waals surface area (Å²) in [6.45, 7) is 6.33. The Labute approximate surface area is 91.6 Å². The van der Waals surface area contributed by atoms with Crippen LogP contribution in [0.1, 0.15) is 33.1 Å². The van der Waals surface area contributed by atoms with Crippen molar-refractivity contribution in [3.05, 3.63) is 0 Å². The first-order chi connectivity index (χ1) is 6.65. The zero-order valence-electron chi connectivity index (χ0n) is 9.13. The highest BCUT2D eigenvalue weighted by atomic mass is 35.5. The smallest absolute Gasteiger partial charge is 0.222 e. The summed E-state index contributed by atoms with van der Waals surface area (Å²) >= 11 is 5.57. The van der Waals surface area contributed by atoms with Crippen molar-refractivity contribution < 1.29 is 4.79 Å². The summed E-state index contributed by atoms with van der Waals surface area (Å²) in [6.07, 6.45) is 2.56. The van der Waals surface area contributed by atoms with Crippen molar-refractivity contribution in [2.24, 2.45) is 11.8 Å². The van der Waals surface area contributed by atoms with E-state index in [0.717, 1.165) is 25.9 Å². The fraction of sp³-hybridized carbons (Fsp3) is 0.909. The molecule has 0 aliphatic carbocycles. The van der Waals surface area contributed by atoms with Gasteiger partial charge in [0.15, 0.2) is 0 Å². The Morgan fingerprint density at radius 2 is 1.86 bits per heavy atom. The molecule has 1 amide bonds. The summed E-state index contributed by atoms with van der Waals surface area (Å²) in [6, 6.07) is 0. The number of likely N-dealkylation sites (tertiary alicyclic amines) is 1. The molecule has 0 radical (unpaired) electrons. The maximum absolute atomic E-state index is 11.7. The Morgan fingerprint density at radius 1 is 1.29 bits per heavy atom. The van der Waals surface area contributed by atoms with Crippen molar-refractivity contribution >= 4 is 17.5 Å². The predicted molar refractivity (Wildman–Crippen MR) is 59.5 cm³/mol. The van der Waals surface area contributed by atoms with Crippen molar-refractivity contribution in [2.75, 3.05) is 19.0 Å². The molecule has 0 bridgehead atoms. The minimum atomic E-state index is 0.311. The molecule has 0 saturated carbocycles. The second-order valence-corrected chi connectivity index (χ2v) is 4.78. The van der Waals surface area contributed by atoms with E-state index in [2.05, 4.69) is 13.8 Å². The molecule has 2 unspecified atom stereocenters. The quantitative estimate of drug-likeness (QED) is 0.524. The van der Waals surface area contributed by atoms with E-state index in [1.54, 1.807) is 0 Å². The lowest BCUT2D eigenvalue weighted by molar-refractivity contribution is -0.130. The van der Waals surface area contributed by atoms with Crippen molar-refractivity contribution in [3.63, 3.8) is 0 Å². The van der Waals surface area contributed by atoms with Crippen molar-refractivity contribution in [1.82, 2.24) is 4.90 Å². The molecule has 2 nitrogen and oxygen atoms in total. The zero-order chi connectivity index (χ0) is 10.6. The Balaban J connectivity index is 2.25. The number of carbonyl (C=O) groups excluding carboxylic acids is 1. The number of halogens is 1. The van der Waals surface area contributed by atoms with E-state index in [0.29, 0.717) is 30.0 Å². The largest absolute Gasteiger partial charge is 0.342 e. The topological polar surface area (TPSA) is 20.3 Å². The summed E-state index contributed by atoms with van der Waals surface area (Å²) < 4.78 is 0. The molecule has 1 aliphatic heterocycles. The van der Waals surface area contributed by atoms with E-state index in [1.165, 1.54) is 0 Å². The lowest BCUT2D eigenvalue weighted by Gasteiger charge is -2.15. The predicted octanol–water partition coefficient (Wildman–Crippen LogP) is 2.51. The SMILES string of the molecule is CC1CN(C(=O)CCCCCl)CC1C. The van der Waals surface area contributed by atoms with Gasteiger partial charge < -0.3 is 4.90 Å². The molecular weight excluding hydrogens is 198 g/mol. The molecular formula is C11H20ClNO. The average molecular weight is 218 g/mol. The van der Waals surface area contributed by atoms with Crippen LogP contribution in [-0.2, 0) is 4.79 Å². The van der Waals surface area contributed by atoms with Crippen LogP contribution < -0.4 is 0 Å². The number of alkyl halides is 1. The number of rotatable bonds is 4. The lowest BCUT2D eigenvalue weighted by atomic mass is 10.0. The summed E-state index contributed by atoms with van der Waals surface area (Å²) in [5.74, 6) is 2.30. The Hall–Kier alpha value is -0.240. The van der Waals surface area contributed by atoms with Crippen LogP contribution >= 0.6 is 11.6 Å². The Bertz CT molecular complexity index is 186. The normalized spacial score (nSPS) is 26.9. The van der Waals surface area contributed by atoms with Crippen molar-refractivity contribution in [3.8, 4) is 0 Å². The first-order valence-electron chi connectivity index (χ1n) is 5.49. The van der Waals surface area contributed by atoms with Crippen LogP contribution in [0.3, 0.4) is 0 Å². The highest BCUT2D eigenvalue weighted by Gasteiger charge is 2.28. The lowest BCUT2D eigenvalue weighted by Crippen LogP contribution is -2.28. The third-order valence-electron chi connectivity index (χ3n) is 3.12. The van der Waals surface area contributed by atoms with Crippen molar-refractivity contribution in [1.29, 1.82) is 0 Å². The molecule has 82 valence electrons. The first kappa shape index (κ1) is 11.8. The van der Waals surface area contributed by atoms with Gasteiger partial charge in [-0.25, -0.2) is 0 Å². The second-order valence-electron chi connectivity index (χ2n) is 4.40. The van der Waals surface area contributed by atoms with Gasteiger partial charge in [0, 0.05) is 25.4 Å². The highest BCUT2D eigenvalue weighted by molar-refractivity contribution is 6.17. The first-order valence-corrected chi connectivity index (χ1v) is 6.02. The molecule has 3 heteroatoms. The van der Waals surface area contributed by atoms with Gasteiger partial charge in [0.1, 0.15) is 0 Å². The highest BCUT2D eigenvalue weighted by Crippen LogP contribution is 2.22. The number of unbranched alkanes of at least 4 members (excludes halogenated alkanes) is 1. The summed E-state index contributed by atoms with van der Waals surface area (Å²) in [4.78, 5) is 13.7. The molecule has 0 aromatic heterocycles. The van der Waals surface area contributed by atoms with Crippen LogP contribution in [0.15, 0.2) is 0 Å². The number of hydrogen-bond acceptors (Lipinski definition) is 1. The van der Waals surface area contributed by atoms with Gasteiger partial charge >= 0.3 is 0 Å². The van der Waals surface area contributed by atoms with Crippen LogP contribution in [0, 0.1) is 11.8 Å². The van der Waals surface area contributed by atoms with Crippen LogP contribution in [0.25, 0.3) is 0 Å². The molecule has 1 saturated heterocycles. The van der Waals surface area contributed by atoms with Crippen LogP contribution in [-0.4, -0.2) is 29.8 Å². The monoisotopic (exact) mass is 217 g/mol. The van der Waals surface area contributed by atoms with Gasteiger partial charge in [-0.05, 0) is 24.7 Å². The molecule has 1 aliphatic rings. The minimum Gasteiger partial charge on any atom is -0.342 e. The molecule has 1 rings (SSSR count). The molecule has 0 aromatic rings. The average Bonchev–Trinajstić information content (AvgIpc) is 2.47. The van der Waals surface area contributed by atoms with E-state index < -0.39 is 0 Å². The van der Waals surface area contributed by atoms with Crippen LogP contribution in [0.5, 0.6) is 0 Å². The third-order valence-corrected chi connectivity index (χ3v) is 3.38.